The number of amides is 1. The van der Waals surface area contributed by atoms with E-state index in [0.717, 1.165) is 22.4 Å². The number of carbonyl (C=O) groups excluding carboxylic acids is 1. The average Bonchev–Trinajstić information content (AvgIpc) is 2.68. The smallest absolute Gasteiger partial charge is 0.253 e. The van der Waals surface area contributed by atoms with E-state index in [2.05, 4.69) is 10.3 Å². The molecule has 0 aliphatic heterocycles. The fraction of sp³-hybridized carbons (Fsp3) is 0.182. The number of rotatable bonds is 5. The Labute approximate surface area is 153 Å². The molecule has 2 aromatic carbocycles. The number of aromatic nitrogens is 1. The molecule has 1 aromatic heterocycles. The van der Waals surface area contributed by atoms with Crippen LogP contribution in [0.25, 0.3) is 11.1 Å². The average molecular weight is 346 g/mol. The highest BCUT2D eigenvalue weighted by atomic mass is 16.5. The Morgan fingerprint density at radius 1 is 1.04 bits per heavy atom. The second-order valence-corrected chi connectivity index (χ2v) is 6.30. The molecule has 132 valence electrons. The molecule has 3 aromatic rings. The van der Waals surface area contributed by atoms with Crippen molar-refractivity contribution in [2.24, 2.45) is 0 Å². The molecule has 4 nitrogen and oxygen atoms in total. The van der Waals surface area contributed by atoms with Crippen LogP contribution in [0, 0.1) is 6.92 Å². The fourth-order valence-electron chi connectivity index (χ4n) is 2.74. The van der Waals surface area contributed by atoms with Gasteiger partial charge in [0.1, 0.15) is 5.75 Å². The topological polar surface area (TPSA) is 51.2 Å². The lowest BCUT2D eigenvalue weighted by Gasteiger charge is -2.15. The van der Waals surface area contributed by atoms with Gasteiger partial charge in [0.05, 0.1) is 18.7 Å². The largest absolute Gasteiger partial charge is 0.497 e. The molecule has 0 unspecified atom stereocenters. The minimum absolute atomic E-state index is 0.0800. The molecule has 3 rings (SSSR count). The number of nitrogens with zero attached hydrogens (tertiary/aromatic N) is 1. The van der Waals surface area contributed by atoms with Gasteiger partial charge in [-0.05, 0) is 43.2 Å². The standard InChI is InChI=1S/C22H22N2O2/c1-15-7-9-17(10-8-15)16(2)24-22(25)20-11-19(13-23-14-20)18-5-4-6-21(12-18)26-3/h4-14,16H,1-3H3,(H,24,25)/t16-/m1/s1. The maximum Gasteiger partial charge on any atom is 0.253 e. The second-order valence-electron chi connectivity index (χ2n) is 6.30. The highest BCUT2D eigenvalue weighted by Crippen LogP contribution is 2.24. The summed E-state index contributed by atoms with van der Waals surface area (Å²) in [5.41, 5.74) is 4.63. The van der Waals surface area contributed by atoms with Gasteiger partial charge >= 0.3 is 0 Å². The molecule has 0 radical (unpaired) electrons. The van der Waals surface area contributed by atoms with E-state index in [1.807, 2.05) is 68.4 Å². The van der Waals surface area contributed by atoms with E-state index in [4.69, 9.17) is 4.74 Å². The van der Waals surface area contributed by atoms with Crippen LogP contribution in [0.3, 0.4) is 0 Å². The summed E-state index contributed by atoms with van der Waals surface area (Å²) in [7, 11) is 1.63. The van der Waals surface area contributed by atoms with Gasteiger partial charge in [-0.15, -0.1) is 0 Å². The number of methoxy groups -OCH3 is 1. The van der Waals surface area contributed by atoms with Crippen molar-refractivity contribution in [3.05, 3.63) is 83.7 Å². The molecule has 0 spiro atoms. The Morgan fingerprint density at radius 3 is 2.54 bits per heavy atom. The van der Waals surface area contributed by atoms with Gasteiger partial charge in [0.2, 0.25) is 0 Å². The molecule has 0 bridgehead atoms. The number of nitrogens with one attached hydrogen (secondary N) is 1. The number of pyridine rings is 1. The Kier molecular flexibility index (Phi) is 5.32. The quantitative estimate of drug-likeness (QED) is 0.737. The van der Waals surface area contributed by atoms with Crippen molar-refractivity contribution >= 4 is 5.91 Å². The van der Waals surface area contributed by atoms with Crippen LogP contribution in [0.5, 0.6) is 5.75 Å². The van der Waals surface area contributed by atoms with E-state index < -0.39 is 0 Å². The van der Waals surface area contributed by atoms with Crippen molar-refractivity contribution in [2.45, 2.75) is 19.9 Å². The number of carbonyl (C=O) groups is 1. The summed E-state index contributed by atoms with van der Waals surface area (Å²) in [6, 6.07) is 17.6. The lowest BCUT2D eigenvalue weighted by atomic mass is 10.0. The lowest BCUT2D eigenvalue weighted by Crippen LogP contribution is -2.26. The monoisotopic (exact) mass is 346 g/mol. The fourth-order valence-corrected chi connectivity index (χ4v) is 2.74. The number of hydrogen-bond donors (Lipinski definition) is 1. The molecular formula is C22H22N2O2. The van der Waals surface area contributed by atoms with E-state index in [9.17, 15) is 4.79 Å². The number of benzene rings is 2. The van der Waals surface area contributed by atoms with Gasteiger partial charge < -0.3 is 10.1 Å². The minimum Gasteiger partial charge on any atom is -0.497 e. The van der Waals surface area contributed by atoms with Gasteiger partial charge in [-0.2, -0.15) is 0 Å². The second kappa shape index (κ2) is 7.83. The van der Waals surface area contributed by atoms with Crippen LogP contribution >= 0.6 is 0 Å². The van der Waals surface area contributed by atoms with Gasteiger partial charge in [0, 0.05) is 18.0 Å². The van der Waals surface area contributed by atoms with E-state index in [-0.39, 0.29) is 11.9 Å². The van der Waals surface area contributed by atoms with Crippen molar-refractivity contribution in [1.29, 1.82) is 0 Å². The molecule has 0 aliphatic carbocycles. The van der Waals surface area contributed by atoms with Gasteiger partial charge in [0.25, 0.3) is 5.91 Å². The first-order valence-electron chi connectivity index (χ1n) is 8.54. The summed E-state index contributed by atoms with van der Waals surface area (Å²) in [6.45, 7) is 4.02. The molecule has 1 N–H and O–H groups in total. The van der Waals surface area contributed by atoms with Crippen LogP contribution in [0.1, 0.15) is 34.5 Å². The molecule has 4 heteroatoms. The Bertz CT molecular complexity index is 904. The van der Waals surface area contributed by atoms with Gasteiger partial charge in [0.15, 0.2) is 0 Å². The summed E-state index contributed by atoms with van der Waals surface area (Å²) in [5.74, 6) is 0.626. The van der Waals surface area contributed by atoms with E-state index in [1.54, 1.807) is 19.5 Å². The number of ether oxygens (including phenoxy) is 1. The first-order chi connectivity index (χ1) is 12.6. The van der Waals surface area contributed by atoms with Crippen LogP contribution in [0.15, 0.2) is 67.0 Å². The third-order valence-corrected chi connectivity index (χ3v) is 4.33. The molecule has 0 saturated carbocycles. The summed E-state index contributed by atoms with van der Waals surface area (Å²) in [4.78, 5) is 16.9. The van der Waals surface area contributed by atoms with Crippen LogP contribution in [-0.2, 0) is 0 Å². The maximum atomic E-state index is 12.6. The van der Waals surface area contributed by atoms with Crippen molar-refractivity contribution in [1.82, 2.24) is 10.3 Å². The zero-order valence-electron chi connectivity index (χ0n) is 15.2. The SMILES string of the molecule is COc1cccc(-c2cncc(C(=O)N[C@H](C)c3ccc(C)cc3)c2)c1. The van der Waals surface area contributed by atoms with Crippen LogP contribution in [0.2, 0.25) is 0 Å². The Morgan fingerprint density at radius 2 is 1.81 bits per heavy atom. The number of hydrogen-bond acceptors (Lipinski definition) is 3. The van der Waals surface area contributed by atoms with E-state index >= 15 is 0 Å². The molecular weight excluding hydrogens is 324 g/mol. The highest BCUT2D eigenvalue weighted by Gasteiger charge is 2.13. The van der Waals surface area contributed by atoms with E-state index in [1.165, 1.54) is 5.56 Å². The van der Waals surface area contributed by atoms with Crippen LogP contribution in [0.4, 0.5) is 0 Å². The van der Waals surface area contributed by atoms with Crippen LogP contribution < -0.4 is 10.1 Å². The molecule has 1 amide bonds. The molecule has 0 aliphatic rings. The van der Waals surface area contributed by atoms with Crippen molar-refractivity contribution < 1.29 is 9.53 Å². The first-order valence-corrected chi connectivity index (χ1v) is 8.54. The zero-order valence-corrected chi connectivity index (χ0v) is 15.2. The lowest BCUT2D eigenvalue weighted by molar-refractivity contribution is 0.0939. The van der Waals surface area contributed by atoms with E-state index in [0.29, 0.717) is 5.56 Å². The minimum atomic E-state index is -0.143. The predicted molar refractivity (Wildman–Crippen MR) is 103 cm³/mol. The summed E-state index contributed by atoms with van der Waals surface area (Å²) in [6.07, 6.45) is 3.33. The third kappa shape index (κ3) is 4.09. The third-order valence-electron chi connectivity index (χ3n) is 4.33. The summed E-state index contributed by atoms with van der Waals surface area (Å²) >= 11 is 0. The number of aryl methyl sites for hydroxylation is 1. The summed E-state index contributed by atoms with van der Waals surface area (Å²) < 4.78 is 5.26. The van der Waals surface area contributed by atoms with Crippen LogP contribution in [-0.4, -0.2) is 18.0 Å². The highest BCUT2D eigenvalue weighted by molar-refractivity contribution is 5.95. The normalized spacial score (nSPS) is 11.7. The zero-order chi connectivity index (χ0) is 18.5. The van der Waals surface area contributed by atoms with Gasteiger partial charge in [-0.1, -0.05) is 42.0 Å². The van der Waals surface area contributed by atoms with Crippen molar-refractivity contribution in [3.63, 3.8) is 0 Å². The van der Waals surface area contributed by atoms with Crippen molar-refractivity contribution in [3.8, 4) is 16.9 Å². The van der Waals surface area contributed by atoms with Gasteiger partial charge in [-0.3, -0.25) is 9.78 Å². The van der Waals surface area contributed by atoms with Gasteiger partial charge in [-0.25, -0.2) is 0 Å². The molecule has 1 atom stereocenters. The summed E-state index contributed by atoms with van der Waals surface area (Å²) in [5, 5.41) is 3.03. The predicted octanol–water partition coefficient (Wildman–Crippen LogP) is 4.56. The Hall–Kier alpha value is -3.14. The molecule has 26 heavy (non-hydrogen) atoms. The molecule has 0 saturated heterocycles. The van der Waals surface area contributed by atoms with Crippen molar-refractivity contribution in [2.75, 3.05) is 7.11 Å². The molecule has 1 heterocycles. The Balaban J connectivity index is 1.78. The first kappa shape index (κ1) is 17.7. The molecule has 0 fully saturated rings. The maximum absolute atomic E-state index is 12.6.